The van der Waals surface area contributed by atoms with Crippen LogP contribution in [0.2, 0.25) is 0 Å². The van der Waals surface area contributed by atoms with Gasteiger partial charge in [0.15, 0.2) is 0 Å². The Kier molecular flexibility index (Phi) is 4.61. The highest BCUT2D eigenvalue weighted by atomic mass is 16.3. The SMILES string of the molecule is CCc1c(C(C)N[C@H](CC)CO)oc2ccccc12. The van der Waals surface area contributed by atoms with Crippen LogP contribution in [0.25, 0.3) is 11.0 Å². The highest BCUT2D eigenvalue weighted by Crippen LogP contribution is 2.30. The van der Waals surface area contributed by atoms with Gasteiger partial charge in [0, 0.05) is 17.0 Å². The van der Waals surface area contributed by atoms with Crippen molar-refractivity contribution in [3.05, 3.63) is 35.6 Å². The number of para-hydroxylation sites is 1. The van der Waals surface area contributed by atoms with Crippen molar-refractivity contribution in [2.24, 2.45) is 0 Å². The van der Waals surface area contributed by atoms with Crippen molar-refractivity contribution in [3.63, 3.8) is 0 Å². The fourth-order valence-corrected chi connectivity index (χ4v) is 2.56. The van der Waals surface area contributed by atoms with Crippen LogP contribution in [0.1, 0.15) is 44.6 Å². The smallest absolute Gasteiger partial charge is 0.134 e. The second-order valence-corrected chi connectivity index (χ2v) is 4.97. The van der Waals surface area contributed by atoms with Gasteiger partial charge in [0.05, 0.1) is 12.6 Å². The molecule has 2 rings (SSSR count). The first-order chi connectivity index (χ1) is 9.21. The van der Waals surface area contributed by atoms with Crippen molar-refractivity contribution in [1.82, 2.24) is 5.32 Å². The predicted molar refractivity (Wildman–Crippen MR) is 78.3 cm³/mol. The number of aliphatic hydroxyl groups is 1. The molecule has 0 spiro atoms. The first kappa shape index (κ1) is 14.1. The molecule has 1 unspecified atom stereocenters. The summed E-state index contributed by atoms with van der Waals surface area (Å²) >= 11 is 0. The molecule has 0 fully saturated rings. The Morgan fingerprint density at radius 2 is 2.00 bits per heavy atom. The Bertz CT molecular complexity index is 529. The van der Waals surface area contributed by atoms with Crippen molar-refractivity contribution >= 4 is 11.0 Å². The van der Waals surface area contributed by atoms with Gasteiger partial charge in [-0.15, -0.1) is 0 Å². The van der Waals surface area contributed by atoms with Gasteiger partial charge in [-0.1, -0.05) is 32.0 Å². The molecule has 0 saturated heterocycles. The summed E-state index contributed by atoms with van der Waals surface area (Å²) in [6.07, 6.45) is 1.86. The third-order valence-corrected chi connectivity index (χ3v) is 3.68. The Hall–Kier alpha value is -1.32. The first-order valence-corrected chi connectivity index (χ1v) is 7.08. The topological polar surface area (TPSA) is 45.4 Å². The molecule has 19 heavy (non-hydrogen) atoms. The first-order valence-electron chi connectivity index (χ1n) is 7.08. The molecule has 0 aliphatic rings. The zero-order valence-electron chi connectivity index (χ0n) is 11.9. The summed E-state index contributed by atoms with van der Waals surface area (Å²) in [5.74, 6) is 0.996. The number of furan rings is 1. The molecule has 2 aromatic rings. The maximum atomic E-state index is 9.29. The summed E-state index contributed by atoms with van der Waals surface area (Å²) in [7, 11) is 0. The van der Waals surface area contributed by atoms with E-state index < -0.39 is 0 Å². The third-order valence-electron chi connectivity index (χ3n) is 3.68. The van der Waals surface area contributed by atoms with E-state index in [0.717, 1.165) is 24.2 Å². The van der Waals surface area contributed by atoms with Gasteiger partial charge < -0.3 is 14.8 Å². The number of hydrogen-bond donors (Lipinski definition) is 2. The molecule has 0 saturated carbocycles. The fourth-order valence-electron chi connectivity index (χ4n) is 2.56. The van der Waals surface area contributed by atoms with Crippen molar-refractivity contribution in [2.45, 2.75) is 45.7 Å². The van der Waals surface area contributed by atoms with E-state index in [0.29, 0.717) is 0 Å². The number of hydrogen-bond acceptors (Lipinski definition) is 3. The molecule has 1 heterocycles. The molecule has 0 amide bonds. The summed E-state index contributed by atoms with van der Waals surface area (Å²) in [5.41, 5.74) is 2.21. The second kappa shape index (κ2) is 6.22. The largest absolute Gasteiger partial charge is 0.459 e. The van der Waals surface area contributed by atoms with Crippen LogP contribution >= 0.6 is 0 Å². The lowest BCUT2D eigenvalue weighted by atomic mass is 10.0. The molecule has 104 valence electrons. The van der Waals surface area contributed by atoms with Crippen LogP contribution in [0.15, 0.2) is 28.7 Å². The van der Waals surface area contributed by atoms with E-state index in [1.54, 1.807) is 0 Å². The van der Waals surface area contributed by atoms with Crippen LogP contribution in [-0.4, -0.2) is 17.8 Å². The van der Waals surface area contributed by atoms with Crippen LogP contribution < -0.4 is 5.32 Å². The van der Waals surface area contributed by atoms with Gasteiger partial charge in [0.1, 0.15) is 11.3 Å². The fraction of sp³-hybridized carbons (Fsp3) is 0.500. The summed E-state index contributed by atoms with van der Waals surface area (Å²) in [6, 6.07) is 8.38. The van der Waals surface area contributed by atoms with E-state index in [1.807, 2.05) is 18.2 Å². The van der Waals surface area contributed by atoms with Crippen LogP contribution in [0.4, 0.5) is 0 Å². The van der Waals surface area contributed by atoms with Gasteiger partial charge in [-0.2, -0.15) is 0 Å². The minimum Gasteiger partial charge on any atom is -0.459 e. The summed E-state index contributed by atoms with van der Waals surface area (Å²) < 4.78 is 6.00. The van der Waals surface area contributed by atoms with E-state index in [2.05, 4.69) is 32.2 Å². The number of rotatable bonds is 6. The number of fused-ring (bicyclic) bond motifs is 1. The molecular weight excluding hydrogens is 238 g/mol. The van der Waals surface area contributed by atoms with E-state index in [-0.39, 0.29) is 18.7 Å². The van der Waals surface area contributed by atoms with Crippen LogP contribution in [0.5, 0.6) is 0 Å². The van der Waals surface area contributed by atoms with Crippen LogP contribution in [-0.2, 0) is 6.42 Å². The molecule has 1 aromatic heterocycles. The minimum absolute atomic E-state index is 0.111. The molecule has 3 heteroatoms. The Labute approximate surface area is 114 Å². The van der Waals surface area contributed by atoms with Gasteiger partial charge >= 0.3 is 0 Å². The molecule has 2 atom stereocenters. The molecular formula is C16H23NO2. The predicted octanol–water partition coefficient (Wildman–Crippen LogP) is 3.42. The van der Waals surface area contributed by atoms with Crippen LogP contribution in [0.3, 0.4) is 0 Å². The van der Waals surface area contributed by atoms with Crippen molar-refractivity contribution < 1.29 is 9.52 Å². The minimum atomic E-state index is 0.111. The number of benzene rings is 1. The lowest BCUT2D eigenvalue weighted by Crippen LogP contribution is -2.34. The lowest BCUT2D eigenvalue weighted by Gasteiger charge is -2.19. The average Bonchev–Trinajstić information content (AvgIpc) is 2.83. The highest BCUT2D eigenvalue weighted by Gasteiger charge is 2.19. The molecule has 3 nitrogen and oxygen atoms in total. The third kappa shape index (κ3) is 2.82. The number of nitrogens with one attached hydrogen (secondary N) is 1. The zero-order chi connectivity index (χ0) is 13.8. The van der Waals surface area contributed by atoms with Crippen LogP contribution in [0, 0.1) is 0 Å². The molecule has 0 aliphatic carbocycles. The van der Waals surface area contributed by atoms with Gasteiger partial charge in [0.2, 0.25) is 0 Å². The Morgan fingerprint density at radius 1 is 1.26 bits per heavy atom. The molecule has 2 N–H and O–H groups in total. The molecule has 0 aliphatic heterocycles. The maximum Gasteiger partial charge on any atom is 0.134 e. The number of aliphatic hydroxyl groups excluding tert-OH is 1. The Balaban J connectivity index is 2.33. The van der Waals surface area contributed by atoms with E-state index >= 15 is 0 Å². The summed E-state index contributed by atoms with van der Waals surface area (Å²) in [6.45, 7) is 6.47. The molecule has 0 bridgehead atoms. The molecule has 0 radical (unpaired) electrons. The lowest BCUT2D eigenvalue weighted by molar-refractivity contribution is 0.225. The van der Waals surface area contributed by atoms with Crippen molar-refractivity contribution in [2.75, 3.05) is 6.61 Å². The molecule has 1 aromatic carbocycles. The van der Waals surface area contributed by atoms with E-state index in [4.69, 9.17) is 4.42 Å². The Morgan fingerprint density at radius 3 is 2.63 bits per heavy atom. The van der Waals surface area contributed by atoms with E-state index in [9.17, 15) is 5.11 Å². The highest BCUT2D eigenvalue weighted by molar-refractivity contribution is 5.82. The van der Waals surface area contributed by atoms with Gasteiger partial charge in [-0.25, -0.2) is 0 Å². The van der Waals surface area contributed by atoms with E-state index in [1.165, 1.54) is 10.9 Å². The summed E-state index contributed by atoms with van der Waals surface area (Å²) in [4.78, 5) is 0. The number of aryl methyl sites for hydroxylation is 1. The second-order valence-electron chi connectivity index (χ2n) is 4.97. The normalized spacial score (nSPS) is 14.7. The van der Waals surface area contributed by atoms with Gasteiger partial charge in [-0.3, -0.25) is 0 Å². The zero-order valence-corrected chi connectivity index (χ0v) is 11.9. The standard InChI is InChI=1S/C16H23NO2/c1-4-12(10-18)17-11(3)16-13(5-2)14-8-6-7-9-15(14)19-16/h6-9,11-12,17-18H,4-5,10H2,1-3H3/t11?,12-/m1/s1. The van der Waals surface area contributed by atoms with Gasteiger partial charge in [0.25, 0.3) is 0 Å². The average molecular weight is 261 g/mol. The summed E-state index contributed by atoms with van der Waals surface area (Å²) in [5, 5.41) is 13.9. The van der Waals surface area contributed by atoms with Crippen molar-refractivity contribution in [1.29, 1.82) is 0 Å². The maximum absolute atomic E-state index is 9.29. The van der Waals surface area contributed by atoms with Crippen molar-refractivity contribution in [3.8, 4) is 0 Å². The quantitative estimate of drug-likeness (QED) is 0.837. The van der Waals surface area contributed by atoms with Gasteiger partial charge in [-0.05, 0) is 25.8 Å². The monoisotopic (exact) mass is 261 g/mol.